The number of aryl methyl sites for hydroxylation is 1. The minimum Gasteiger partial charge on any atom is -0.457 e. The smallest absolute Gasteiger partial charge is 0.130 e. The molecule has 0 saturated heterocycles. The Labute approximate surface area is 103 Å². The van der Waals surface area contributed by atoms with E-state index in [2.05, 4.69) is 15.9 Å². The number of halogens is 1. The number of nitrogen functional groups attached to an aromatic ring is 1. The highest BCUT2D eigenvalue weighted by atomic mass is 79.9. The van der Waals surface area contributed by atoms with Crippen LogP contribution < -0.4 is 10.5 Å². The van der Waals surface area contributed by atoms with Crippen LogP contribution in [0.3, 0.4) is 0 Å². The van der Waals surface area contributed by atoms with Crippen molar-refractivity contribution < 1.29 is 4.74 Å². The molecule has 0 radical (unpaired) electrons. The number of hydrogen-bond donors (Lipinski definition) is 1. The fourth-order valence-electron chi connectivity index (χ4n) is 1.43. The van der Waals surface area contributed by atoms with E-state index in [0.29, 0.717) is 5.69 Å². The SMILES string of the molecule is Cc1cc(Br)ccc1Oc1cccc(N)c1. The molecule has 2 nitrogen and oxygen atoms in total. The van der Waals surface area contributed by atoms with E-state index in [1.807, 2.05) is 49.4 Å². The lowest BCUT2D eigenvalue weighted by atomic mass is 10.2. The summed E-state index contributed by atoms with van der Waals surface area (Å²) in [5, 5.41) is 0. The van der Waals surface area contributed by atoms with Gasteiger partial charge >= 0.3 is 0 Å². The molecule has 0 saturated carbocycles. The summed E-state index contributed by atoms with van der Waals surface area (Å²) in [7, 11) is 0. The molecule has 3 heteroatoms. The van der Waals surface area contributed by atoms with Gasteiger partial charge in [0.25, 0.3) is 0 Å². The lowest BCUT2D eigenvalue weighted by Gasteiger charge is -2.09. The van der Waals surface area contributed by atoms with Gasteiger partial charge in [0.1, 0.15) is 11.5 Å². The van der Waals surface area contributed by atoms with Gasteiger partial charge in [0.2, 0.25) is 0 Å². The fourth-order valence-corrected chi connectivity index (χ4v) is 1.91. The van der Waals surface area contributed by atoms with Gasteiger partial charge in [0.05, 0.1) is 0 Å². The first-order valence-electron chi connectivity index (χ1n) is 4.95. The quantitative estimate of drug-likeness (QED) is 0.838. The van der Waals surface area contributed by atoms with Crippen molar-refractivity contribution in [3.8, 4) is 11.5 Å². The zero-order valence-electron chi connectivity index (χ0n) is 8.91. The molecule has 0 aliphatic carbocycles. The molecule has 2 N–H and O–H groups in total. The summed E-state index contributed by atoms with van der Waals surface area (Å²) < 4.78 is 6.79. The van der Waals surface area contributed by atoms with Gasteiger partial charge in [0, 0.05) is 16.2 Å². The molecule has 0 bridgehead atoms. The number of anilines is 1. The fraction of sp³-hybridized carbons (Fsp3) is 0.0769. The van der Waals surface area contributed by atoms with Gasteiger partial charge in [-0.1, -0.05) is 22.0 Å². The molecule has 0 heterocycles. The van der Waals surface area contributed by atoms with E-state index in [1.54, 1.807) is 0 Å². The normalized spacial score (nSPS) is 10.1. The predicted octanol–water partition coefficient (Wildman–Crippen LogP) is 4.13. The van der Waals surface area contributed by atoms with E-state index >= 15 is 0 Å². The molecule has 16 heavy (non-hydrogen) atoms. The standard InChI is InChI=1S/C13H12BrNO/c1-9-7-10(14)5-6-13(9)16-12-4-2-3-11(15)8-12/h2-8H,15H2,1H3. The van der Waals surface area contributed by atoms with Gasteiger partial charge in [-0.05, 0) is 42.8 Å². The number of rotatable bonds is 2. The van der Waals surface area contributed by atoms with Crippen molar-refractivity contribution in [1.29, 1.82) is 0 Å². The predicted molar refractivity (Wildman–Crippen MR) is 69.8 cm³/mol. The second-order valence-electron chi connectivity index (χ2n) is 3.58. The van der Waals surface area contributed by atoms with E-state index in [0.717, 1.165) is 21.5 Å². The topological polar surface area (TPSA) is 35.2 Å². The third-order valence-corrected chi connectivity index (χ3v) is 2.72. The molecule has 2 aromatic carbocycles. The van der Waals surface area contributed by atoms with Crippen LogP contribution in [-0.4, -0.2) is 0 Å². The Balaban J connectivity index is 2.27. The molecular formula is C13H12BrNO. The van der Waals surface area contributed by atoms with Crippen molar-refractivity contribution in [3.63, 3.8) is 0 Å². The van der Waals surface area contributed by atoms with Crippen molar-refractivity contribution in [2.75, 3.05) is 5.73 Å². The van der Waals surface area contributed by atoms with Crippen molar-refractivity contribution in [2.45, 2.75) is 6.92 Å². The molecule has 0 fully saturated rings. The molecule has 0 unspecified atom stereocenters. The Morgan fingerprint density at radius 1 is 1.12 bits per heavy atom. The lowest BCUT2D eigenvalue weighted by molar-refractivity contribution is 0.479. The van der Waals surface area contributed by atoms with E-state index in [-0.39, 0.29) is 0 Å². The van der Waals surface area contributed by atoms with E-state index in [1.165, 1.54) is 0 Å². The van der Waals surface area contributed by atoms with Crippen LogP contribution in [0.4, 0.5) is 5.69 Å². The molecule has 0 aliphatic rings. The number of nitrogens with two attached hydrogens (primary N) is 1. The first-order valence-corrected chi connectivity index (χ1v) is 5.74. The Morgan fingerprint density at radius 3 is 2.62 bits per heavy atom. The highest BCUT2D eigenvalue weighted by Crippen LogP contribution is 2.28. The van der Waals surface area contributed by atoms with Crippen LogP contribution in [0.2, 0.25) is 0 Å². The minimum atomic E-state index is 0.701. The maximum atomic E-state index is 5.74. The first-order chi connectivity index (χ1) is 7.65. The van der Waals surface area contributed by atoms with Gasteiger partial charge in [0.15, 0.2) is 0 Å². The highest BCUT2D eigenvalue weighted by molar-refractivity contribution is 9.10. The zero-order chi connectivity index (χ0) is 11.5. The maximum absolute atomic E-state index is 5.74. The molecule has 0 atom stereocenters. The van der Waals surface area contributed by atoms with Crippen molar-refractivity contribution in [2.24, 2.45) is 0 Å². The van der Waals surface area contributed by atoms with E-state index in [9.17, 15) is 0 Å². The third-order valence-electron chi connectivity index (χ3n) is 2.22. The van der Waals surface area contributed by atoms with Gasteiger partial charge in [-0.2, -0.15) is 0 Å². The second-order valence-corrected chi connectivity index (χ2v) is 4.50. The molecule has 2 rings (SSSR count). The average Bonchev–Trinajstić information content (AvgIpc) is 2.22. The highest BCUT2D eigenvalue weighted by Gasteiger charge is 2.02. The Morgan fingerprint density at radius 2 is 1.94 bits per heavy atom. The monoisotopic (exact) mass is 277 g/mol. The molecule has 0 spiro atoms. The molecule has 0 aromatic heterocycles. The zero-order valence-corrected chi connectivity index (χ0v) is 10.5. The van der Waals surface area contributed by atoms with Crippen molar-refractivity contribution in [1.82, 2.24) is 0 Å². The largest absolute Gasteiger partial charge is 0.457 e. The summed E-state index contributed by atoms with van der Waals surface area (Å²) in [4.78, 5) is 0. The summed E-state index contributed by atoms with van der Waals surface area (Å²) in [6.07, 6.45) is 0. The second kappa shape index (κ2) is 4.58. The first kappa shape index (κ1) is 11.0. The summed E-state index contributed by atoms with van der Waals surface area (Å²) in [5.74, 6) is 1.60. The lowest BCUT2D eigenvalue weighted by Crippen LogP contribution is -1.89. The Hall–Kier alpha value is -1.48. The summed E-state index contributed by atoms with van der Waals surface area (Å²) >= 11 is 3.42. The minimum absolute atomic E-state index is 0.701. The van der Waals surface area contributed by atoms with Gasteiger partial charge in [-0.15, -0.1) is 0 Å². The summed E-state index contributed by atoms with van der Waals surface area (Å²) in [6, 6.07) is 13.3. The third kappa shape index (κ3) is 2.55. The van der Waals surface area contributed by atoms with Gasteiger partial charge < -0.3 is 10.5 Å². The number of hydrogen-bond acceptors (Lipinski definition) is 2. The molecule has 0 amide bonds. The molecule has 82 valence electrons. The van der Waals surface area contributed by atoms with Crippen LogP contribution in [-0.2, 0) is 0 Å². The van der Waals surface area contributed by atoms with Crippen LogP contribution in [0.25, 0.3) is 0 Å². The van der Waals surface area contributed by atoms with Crippen LogP contribution in [0.5, 0.6) is 11.5 Å². The molecular weight excluding hydrogens is 266 g/mol. The average molecular weight is 278 g/mol. The van der Waals surface area contributed by atoms with Crippen LogP contribution in [0.1, 0.15) is 5.56 Å². The van der Waals surface area contributed by atoms with Gasteiger partial charge in [-0.25, -0.2) is 0 Å². The Kier molecular flexibility index (Phi) is 3.15. The van der Waals surface area contributed by atoms with Crippen LogP contribution >= 0.6 is 15.9 Å². The molecule has 0 aliphatic heterocycles. The Bertz CT molecular complexity index is 511. The summed E-state index contributed by atoms with van der Waals surface area (Å²) in [5.41, 5.74) is 7.47. The maximum Gasteiger partial charge on any atom is 0.130 e. The van der Waals surface area contributed by atoms with Crippen LogP contribution in [0.15, 0.2) is 46.9 Å². The van der Waals surface area contributed by atoms with Crippen molar-refractivity contribution >= 4 is 21.6 Å². The summed E-state index contributed by atoms with van der Waals surface area (Å²) in [6.45, 7) is 2.01. The number of ether oxygens (including phenoxy) is 1. The van der Waals surface area contributed by atoms with E-state index < -0.39 is 0 Å². The number of benzene rings is 2. The van der Waals surface area contributed by atoms with Crippen LogP contribution in [0, 0.1) is 6.92 Å². The molecule has 2 aromatic rings. The van der Waals surface area contributed by atoms with Gasteiger partial charge in [-0.3, -0.25) is 0 Å². The van der Waals surface area contributed by atoms with Crippen molar-refractivity contribution in [3.05, 3.63) is 52.5 Å². The van der Waals surface area contributed by atoms with E-state index in [4.69, 9.17) is 10.5 Å².